The summed E-state index contributed by atoms with van der Waals surface area (Å²) >= 11 is 1.41. The lowest BCUT2D eigenvalue weighted by Gasteiger charge is -2.18. The summed E-state index contributed by atoms with van der Waals surface area (Å²) in [7, 11) is 0. The van der Waals surface area contributed by atoms with Crippen LogP contribution in [0.5, 0.6) is 0 Å². The van der Waals surface area contributed by atoms with Crippen molar-refractivity contribution in [3.05, 3.63) is 55.9 Å². The van der Waals surface area contributed by atoms with Crippen molar-refractivity contribution >= 4 is 21.6 Å². The van der Waals surface area contributed by atoms with Crippen molar-refractivity contribution in [2.45, 2.75) is 58.8 Å². The fourth-order valence-electron chi connectivity index (χ4n) is 3.78. The van der Waals surface area contributed by atoms with Crippen LogP contribution >= 0.6 is 11.3 Å². The summed E-state index contributed by atoms with van der Waals surface area (Å²) in [5, 5.41) is 0.531. The molecule has 2 aromatic heterocycles. The van der Waals surface area contributed by atoms with E-state index in [1.807, 2.05) is 19.9 Å². The number of rotatable bonds is 2. The summed E-state index contributed by atoms with van der Waals surface area (Å²) in [4.78, 5) is 19.3. The van der Waals surface area contributed by atoms with E-state index in [1.165, 1.54) is 11.3 Å². The van der Waals surface area contributed by atoms with Crippen LogP contribution in [-0.4, -0.2) is 9.55 Å². The molecular weight excluding hydrogens is 366 g/mol. The molecule has 1 aliphatic carbocycles. The van der Waals surface area contributed by atoms with E-state index >= 15 is 0 Å². The van der Waals surface area contributed by atoms with Crippen molar-refractivity contribution in [3.8, 4) is 5.69 Å². The Morgan fingerprint density at radius 1 is 1.11 bits per heavy atom. The minimum atomic E-state index is -3.21. The number of hydrogen-bond donors (Lipinski definition) is 0. The molecule has 0 fully saturated rings. The zero-order valence-corrected chi connectivity index (χ0v) is 16.6. The van der Waals surface area contributed by atoms with Gasteiger partial charge in [-0.1, -0.05) is 12.5 Å². The second-order valence-electron chi connectivity index (χ2n) is 7.48. The minimum absolute atomic E-state index is 0.376. The third-order valence-corrected chi connectivity index (χ3v) is 6.57. The molecule has 27 heavy (non-hydrogen) atoms. The van der Waals surface area contributed by atoms with Crippen LogP contribution in [0.2, 0.25) is 0 Å². The van der Waals surface area contributed by atoms with E-state index in [0.29, 0.717) is 15.9 Å². The lowest BCUT2D eigenvalue weighted by Crippen LogP contribution is -2.29. The van der Waals surface area contributed by atoms with Crippen molar-refractivity contribution < 1.29 is 8.78 Å². The molecule has 1 aliphatic rings. The second kappa shape index (κ2) is 6.51. The van der Waals surface area contributed by atoms with Gasteiger partial charge in [0.2, 0.25) is 0 Å². The standard InChI is InChI=1S/C21H22F2N2OS/c1-12-9-10-14(11-13(12)2)25-19(26)17-15-7-5-4-6-8-16(15)27-18(17)24-20(25)21(3,22)23/h9-11H,4-8H2,1-3H3. The van der Waals surface area contributed by atoms with E-state index in [-0.39, 0.29) is 5.56 Å². The maximum absolute atomic E-state index is 14.4. The average molecular weight is 388 g/mol. The maximum atomic E-state index is 14.4. The summed E-state index contributed by atoms with van der Waals surface area (Å²) in [6.07, 6.45) is 4.95. The number of hydrogen-bond acceptors (Lipinski definition) is 3. The molecule has 2 heterocycles. The first kappa shape index (κ1) is 18.3. The number of alkyl halides is 2. The summed E-state index contributed by atoms with van der Waals surface area (Å²) in [6.45, 7) is 4.67. The average Bonchev–Trinajstić information content (AvgIpc) is 2.79. The first-order valence-corrected chi connectivity index (χ1v) is 10.1. The van der Waals surface area contributed by atoms with Gasteiger partial charge in [-0.3, -0.25) is 9.36 Å². The van der Waals surface area contributed by atoms with Crippen molar-refractivity contribution in [2.24, 2.45) is 0 Å². The van der Waals surface area contributed by atoms with Crippen LogP contribution in [-0.2, 0) is 18.8 Å². The number of fused-ring (bicyclic) bond motifs is 3. The fourth-order valence-corrected chi connectivity index (χ4v) is 5.03. The number of halogens is 2. The van der Waals surface area contributed by atoms with E-state index in [4.69, 9.17) is 0 Å². The van der Waals surface area contributed by atoms with Gasteiger partial charge in [0.25, 0.3) is 5.56 Å². The zero-order valence-electron chi connectivity index (χ0n) is 15.7. The Kier molecular flexibility index (Phi) is 4.41. The Morgan fingerprint density at radius 3 is 2.56 bits per heavy atom. The van der Waals surface area contributed by atoms with Gasteiger partial charge in [-0.2, -0.15) is 8.78 Å². The number of aromatic nitrogens is 2. The van der Waals surface area contributed by atoms with Crippen molar-refractivity contribution in [1.29, 1.82) is 0 Å². The van der Waals surface area contributed by atoms with Crippen LogP contribution in [0, 0.1) is 13.8 Å². The van der Waals surface area contributed by atoms with Crippen LogP contribution in [0.4, 0.5) is 8.78 Å². The molecule has 0 aliphatic heterocycles. The summed E-state index contributed by atoms with van der Waals surface area (Å²) in [5.41, 5.74) is 3.10. The van der Waals surface area contributed by atoms with Gasteiger partial charge in [-0.05, 0) is 68.4 Å². The molecule has 0 spiro atoms. The van der Waals surface area contributed by atoms with Gasteiger partial charge in [-0.15, -0.1) is 11.3 Å². The van der Waals surface area contributed by atoms with Gasteiger partial charge in [0, 0.05) is 11.8 Å². The number of benzene rings is 1. The van der Waals surface area contributed by atoms with Crippen molar-refractivity contribution in [2.75, 3.05) is 0 Å². The minimum Gasteiger partial charge on any atom is -0.268 e. The molecule has 1 aromatic carbocycles. The monoisotopic (exact) mass is 388 g/mol. The van der Waals surface area contributed by atoms with E-state index in [1.54, 1.807) is 12.1 Å². The normalized spacial score (nSPS) is 15.0. The van der Waals surface area contributed by atoms with Crippen LogP contribution in [0.1, 0.15) is 53.6 Å². The summed E-state index contributed by atoms with van der Waals surface area (Å²) < 4.78 is 30.0. The Balaban J connectivity index is 2.09. The highest BCUT2D eigenvalue weighted by Crippen LogP contribution is 2.35. The van der Waals surface area contributed by atoms with Gasteiger partial charge in [0.1, 0.15) is 4.83 Å². The SMILES string of the molecule is Cc1ccc(-n2c(C(C)(F)F)nc3sc4c(c3c2=O)CCCCC4)cc1C. The van der Waals surface area contributed by atoms with Crippen LogP contribution in [0.3, 0.4) is 0 Å². The lowest BCUT2D eigenvalue weighted by atomic mass is 10.1. The topological polar surface area (TPSA) is 34.9 Å². The molecule has 4 rings (SSSR count). The molecule has 0 unspecified atom stereocenters. The molecule has 0 N–H and O–H groups in total. The number of aryl methyl sites for hydroxylation is 4. The molecule has 0 atom stereocenters. The Bertz CT molecular complexity index is 1090. The van der Waals surface area contributed by atoms with E-state index in [2.05, 4.69) is 4.98 Å². The van der Waals surface area contributed by atoms with Gasteiger partial charge in [0.15, 0.2) is 5.82 Å². The largest absolute Gasteiger partial charge is 0.302 e. The smallest absolute Gasteiger partial charge is 0.268 e. The maximum Gasteiger partial charge on any atom is 0.302 e. The third-order valence-electron chi connectivity index (χ3n) is 5.38. The van der Waals surface area contributed by atoms with Gasteiger partial charge < -0.3 is 0 Å². The second-order valence-corrected chi connectivity index (χ2v) is 8.56. The van der Waals surface area contributed by atoms with Crippen LogP contribution in [0.15, 0.2) is 23.0 Å². The van der Waals surface area contributed by atoms with E-state index < -0.39 is 11.7 Å². The van der Waals surface area contributed by atoms with Gasteiger partial charge >= 0.3 is 5.92 Å². The molecule has 0 bridgehead atoms. The molecule has 0 radical (unpaired) electrons. The van der Waals surface area contributed by atoms with E-state index in [9.17, 15) is 13.6 Å². The van der Waals surface area contributed by atoms with Crippen LogP contribution in [0.25, 0.3) is 15.9 Å². The fraction of sp³-hybridized carbons (Fsp3) is 0.429. The van der Waals surface area contributed by atoms with Crippen molar-refractivity contribution in [3.63, 3.8) is 0 Å². The predicted molar refractivity (Wildman–Crippen MR) is 106 cm³/mol. The van der Waals surface area contributed by atoms with Crippen LogP contribution < -0.4 is 5.56 Å². The molecule has 142 valence electrons. The highest BCUT2D eigenvalue weighted by molar-refractivity contribution is 7.18. The highest BCUT2D eigenvalue weighted by Gasteiger charge is 2.33. The Labute approximate surface area is 160 Å². The third kappa shape index (κ3) is 3.10. The molecule has 3 aromatic rings. The summed E-state index contributed by atoms with van der Waals surface area (Å²) in [5.74, 6) is -3.70. The molecular formula is C21H22F2N2OS. The first-order valence-electron chi connectivity index (χ1n) is 9.30. The molecule has 3 nitrogen and oxygen atoms in total. The zero-order chi connectivity index (χ0) is 19.3. The quantitative estimate of drug-likeness (QED) is 0.548. The van der Waals surface area contributed by atoms with E-state index in [0.717, 1.165) is 65.2 Å². The number of thiophene rings is 1. The lowest BCUT2D eigenvalue weighted by molar-refractivity contribution is 0.00536. The summed E-state index contributed by atoms with van der Waals surface area (Å²) in [6, 6.07) is 5.36. The highest BCUT2D eigenvalue weighted by atomic mass is 32.1. The molecule has 0 saturated heterocycles. The number of nitrogens with zero attached hydrogens (tertiary/aromatic N) is 2. The van der Waals surface area contributed by atoms with Gasteiger partial charge in [0.05, 0.1) is 11.1 Å². The first-order chi connectivity index (χ1) is 12.8. The molecule has 0 amide bonds. The van der Waals surface area contributed by atoms with Crippen molar-refractivity contribution in [1.82, 2.24) is 9.55 Å². The Morgan fingerprint density at radius 2 is 1.85 bits per heavy atom. The molecule has 0 saturated carbocycles. The predicted octanol–water partition coefficient (Wildman–Crippen LogP) is 5.44. The van der Waals surface area contributed by atoms with Gasteiger partial charge in [-0.25, -0.2) is 4.98 Å². The molecule has 6 heteroatoms. The Hall–Kier alpha value is -2.08.